The predicted molar refractivity (Wildman–Crippen MR) is 78.4 cm³/mol. The lowest BCUT2D eigenvalue weighted by Gasteiger charge is -2.12. The molecule has 0 bridgehead atoms. The largest absolute Gasteiger partial charge is 0.418 e. The van der Waals surface area contributed by atoms with Gasteiger partial charge in [0.25, 0.3) is 0 Å². The second-order valence-electron chi connectivity index (χ2n) is 5.13. The Morgan fingerprint density at radius 2 is 1.57 bits per heavy atom. The highest BCUT2D eigenvalue weighted by Crippen LogP contribution is 2.38. The van der Waals surface area contributed by atoms with E-state index in [4.69, 9.17) is 5.73 Å². The molecular weight excluding hydrogens is 295 g/mol. The molecule has 3 rings (SSSR count). The van der Waals surface area contributed by atoms with Crippen LogP contribution in [0.5, 0.6) is 0 Å². The zero-order valence-electron chi connectivity index (χ0n) is 11.2. The minimum Gasteiger partial charge on any atom is -0.398 e. The highest BCUT2D eigenvalue weighted by Gasteiger charge is 2.33. The van der Waals surface area contributed by atoms with Crippen molar-refractivity contribution in [2.75, 3.05) is 5.73 Å². The van der Waals surface area contributed by atoms with Crippen LogP contribution in [-0.4, -0.2) is 0 Å². The number of alkyl halides is 3. The van der Waals surface area contributed by atoms with E-state index in [1.165, 1.54) is 29.0 Å². The predicted octanol–water partition coefficient (Wildman–Crippen LogP) is 4.93. The van der Waals surface area contributed by atoms with E-state index in [-0.39, 0.29) is 5.69 Å². The molecule has 110 valence electrons. The van der Waals surface area contributed by atoms with E-state index in [0.717, 1.165) is 30.2 Å². The first kappa shape index (κ1) is 14.3. The average Bonchev–Trinajstić information content (AvgIpc) is 2.87. The number of hydrogen-bond acceptors (Lipinski definition) is 2. The minimum atomic E-state index is -4.42. The molecule has 2 aromatic carbocycles. The summed E-state index contributed by atoms with van der Waals surface area (Å²) in [6.45, 7) is 0. The third-order valence-corrected chi connectivity index (χ3v) is 4.62. The molecule has 21 heavy (non-hydrogen) atoms. The van der Waals surface area contributed by atoms with Crippen LogP contribution in [0.2, 0.25) is 0 Å². The van der Waals surface area contributed by atoms with Gasteiger partial charge in [0.2, 0.25) is 0 Å². The number of benzene rings is 2. The Kier molecular flexibility index (Phi) is 3.61. The zero-order chi connectivity index (χ0) is 15.0. The van der Waals surface area contributed by atoms with Gasteiger partial charge in [-0.15, -0.1) is 0 Å². The van der Waals surface area contributed by atoms with Gasteiger partial charge in [-0.1, -0.05) is 17.8 Å². The second kappa shape index (κ2) is 5.30. The molecule has 0 aliphatic heterocycles. The molecule has 0 aromatic heterocycles. The fraction of sp³-hybridized carbons (Fsp3) is 0.250. The molecule has 0 fully saturated rings. The molecule has 0 spiro atoms. The highest BCUT2D eigenvalue weighted by atomic mass is 32.2. The Morgan fingerprint density at radius 1 is 0.905 bits per heavy atom. The van der Waals surface area contributed by atoms with Crippen LogP contribution in [0.15, 0.2) is 46.2 Å². The summed E-state index contributed by atoms with van der Waals surface area (Å²) in [7, 11) is 0. The lowest BCUT2D eigenvalue weighted by molar-refractivity contribution is -0.137. The van der Waals surface area contributed by atoms with Gasteiger partial charge < -0.3 is 5.73 Å². The van der Waals surface area contributed by atoms with Crippen molar-refractivity contribution in [3.05, 3.63) is 53.1 Å². The molecule has 2 N–H and O–H groups in total. The van der Waals surface area contributed by atoms with Gasteiger partial charge in [-0.25, -0.2) is 0 Å². The fourth-order valence-electron chi connectivity index (χ4n) is 2.59. The fourth-order valence-corrected chi connectivity index (χ4v) is 3.51. The van der Waals surface area contributed by atoms with Crippen LogP contribution in [0.3, 0.4) is 0 Å². The van der Waals surface area contributed by atoms with E-state index in [0.29, 0.717) is 4.90 Å². The van der Waals surface area contributed by atoms with Gasteiger partial charge in [-0.3, -0.25) is 0 Å². The van der Waals surface area contributed by atoms with E-state index in [1.807, 2.05) is 6.07 Å². The van der Waals surface area contributed by atoms with Crippen molar-refractivity contribution in [3.8, 4) is 0 Å². The molecule has 1 aliphatic rings. The maximum absolute atomic E-state index is 12.9. The van der Waals surface area contributed by atoms with E-state index in [1.54, 1.807) is 6.07 Å². The maximum atomic E-state index is 12.9. The van der Waals surface area contributed by atoms with Gasteiger partial charge in [0, 0.05) is 15.5 Å². The van der Waals surface area contributed by atoms with Crippen LogP contribution < -0.4 is 5.73 Å². The van der Waals surface area contributed by atoms with Crippen LogP contribution in [0, 0.1) is 0 Å². The summed E-state index contributed by atoms with van der Waals surface area (Å²) in [5.74, 6) is 0. The number of nitrogen functional groups attached to an aromatic ring is 1. The summed E-state index contributed by atoms with van der Waals surface area (Å²) in [6, 6.07) is 10.2. The van der Waals surface area contributed by atoms with Gasteiger partial charge >= 0.3 is 6.18 Å². The number of fused-ring (bicyclic) bond motifs is 1. The van der Waals surface area contributed by atoms with Crippen LogP contribution >= 0.6 is 11.8 Å². The van der Waals surface area contributed by atoms with E-state index in [2.05, 4.69) is 12.1 Å². The normalized spacial score (nSPS) is 14.2. The van der Waals surface area contributed by atoms with E-state index < -0.39 is 11.7 Å². The van der Waals surface area contributed by atoms with Crippen LogP contribution in [0.25, 0.3) is 0 Å². The van der Waals surface area contributed by atoms with Crippen LogP contribution in [0.1, 0.15) is 23.1 Å². The minimum absolute atomic E-state index is 0.235. The van der Waals surface area contributed by atoms with Gasteiger partial charge in [0.15, 0.2) is 0 Å². The standard InChI is InChI=1S/C16H14F3NS/c17-16(18,19)14-9-13(6-7-15(14)20)21-12-5-4-10-2-1-3-11(10)8-12/h4-9H,1-3,20H2. The SMILES string of the molecule is Nc1ccc(Sc2ccc3c(c2)CCC3)cc1C(F)(F)F. The van der Waals surface area contributed by atoms with Gasteiger partial charge in [-0.2, -0.15) is 13.2 Å². The topological polar surface area (TPSA) is 26.0 Å². The Bertz CT molecular complexity index is 680. The molecule has 1 aliphatic carbocycles. The summed E-state index contributed by atoms with van der Waals surface area (Å²) in [5.41, 5.74) is 7.07. The third kappa shape index (κ3) is 3.02. The molecular formula is C16H14F3NS. The average molecular weight is 309 g/mol. The smallest absolute Gasteiger partial charge is 0.398 e. The molecule has 0 amide bonds. The monoisotopic (exact) mass is 309 g/mol. The van der Waals surface area contributed by atoms with Crippen molar-refractivity contribution in [3.63, 3.8) is 0 Å². The van der Waals surface area contributed by atoms with E-state index >= 15 is 0 Å². The van der Waals surface area contributed by atoms with Crippen molar-refractivity contribution >= 4 is 17.4 Å². The van der Waals surface area contributed by atoms with Crippen molar-refractivity contribution in [1.82, 2.24) is 0 Å². The van der Waals surface area contributed by atoms with E-state index in [9.17, 15) is 13.2 Å². The van der Waals surface area contributed by atoms with Crippen LogP contribution in [0.4, 0.5) is 18.9 Å². The van der Waals surface area contributed by atoms with Crippen LogP contribution in [-0.2, 0) is 19.0 Å². The molecule has 5 heteroatoms. The molecule has 0 heterocycles. The molecule has 2 aromatic rings. The lowest BCUT2D eigenvalue weighted by atomic mass is 10.1. The number of aryl methyl sites for hydroxylation is 2. The first-order valence-electron chi connectivity index (χ1n) is 6.70. The molecule has 0 saturated carbocycles. The molecule has 0 unspecified atom stereocenters. The quantitative estimate of drug-likeness (QED) is 0.796. The van der Waals surface area contributed by atoms with Gasteiger partial charge in [0.05, 0.1) is 5.56 Å². The Morgan fingerprint density at radius 3 is 2.33 bits per heavy atom. The highest BCUT2D eigenvalue weighted by molar-refractivity contribution is 7.99. The van der Waals surface area contributed by atoms with Crippen molar-refractivity contribution in [2.24, 2.45) is 0 Å². The number of anilines is 1. The number of nitrogens with two attached hydrogens (primary N) is 1. The van der Waals surface area contributed by atoms with Crippen molar-refractivity contribution in [1.29, 1.82) is 0 Å². The summed E-state index contributed by atoms with van der Waals surface area (Å²) in [4.78, 5) is 1.52. The Hall–Kier alpha value is -1.62. The molecule has 0 radical (unpaired) electrons. The lowest BCUT2D eigenvalue weighted by Crippen LogP contribution is -2.08. The summed E-state index contributed by atoms with van der Waals surface area (Å²) in [6.07, 6.45) is -1.11. The first-order chi connectivity index (χ1) is 9.93. The van der Waals surface area contributed by atoms with Crippen molar-refractivity contribution in [2.45, 2.75) is 35.2 Å². The zero-order valence-corrected chi connectivity index (χ0v) is 12.0. The number of rotatable bonds is 2. The van der Waals surface area contributed by atoms with Gasteiger partial charge in [0.1, 0.15) is 0 Å². The second-order valence-corrected chi connectivity index (χ2v) is 6.28. The summed E-state index contributed by atoms with van der Waals surface area (Å²) >= 11 is 1.34. The molecule has 0 atom stereocenters. The summed E-state index contributed by atoms with van der Waals surface area (Å²) in [5, 5.41) is 0. The van der Waals surface area contributed by atoms with Gasteiger partial charge in [-0.05, 0) is 60.7 Å². The van der Waals surface area contributed by atoms with Crippen molar-refractivity contribution < 1.29 is 13.2 Å². The first-order valence-corrected chi connectivity index (χ1v) is 7.51. The summed E-state index contributed by atoms with van der Waals surface area (Å²) < 4.78 is 38.6. The number of hydrogen-bond donors (Lipinski definition) is 1. The Balaban J connectivity index is 1.88. The molecule has 1 nitrogen and oxygen atoms in total. The molecule has 0 saturated heterocycles. The Labute approximate surface area is 125 Å². The maximum Gasteiger partial charge on any atom is 0.418 e. The third-order valence-electron chi connectivity index (χ3n) is 3.64. The number of halogens is 3.